The van der Waals surface area contributed by atoms with Crippen molar-refractivity contribution < 1.29 is 4.79 Å². The van der Waals surface area contributed by atoms with Crippen LogP contribution < -0.4 is 5.56 Å². The molecule has 0 bridgehead atoms. The van der Waals surface area contributed by atoms with Crippen LogP contribution in [0.5, 0.6) is 0 Å². The molecule has 4 nitrogen and oxygen atoms in total. The van der Waals surface area contributed by atoms with Crippen LogP contribution in [-0.2, 0) is 11.3 Å². The number of fused-ring (bicyclic) bond motifs is 1. The fourth-order valence-corrected chi connectivity index (χ4v) is 1.51. The minimum Gasteiger partial charge on any atom is -0.299 e. The largest absolute Gasteiger partial charge is 0.299 e. The van der Waals surface area contributed by atoms with E-state index in [0.717, 1.165) is 5.52 Å². The zero-order valence-corrected chi connectivity index (χ0v) is 8.30. The molecule has 0 atom stereocenters. The van der Waals surface area contributed by atoms with Crippen molar-refractivity contribution in [2.45, 2.75) is 13.5 Å². The Bertz CT molecular complexity index is 572. The third-order valence-electron chi connectivity index (χ3n) is 2.14. The molecule has 0 aromatic carbocycles. The van der Waals surface area contributed by atoms with Crippen molar-refractivity contribution in [2.75, 3.05) is 0 Å². The Morgan fingerprint density at radius 3 is 2.93 bits per heavy atom. The highest BCUT2D eigenvalue weighted by atomic mass is 16.1. The second-order valence-corrected chi connectivity index (χ2v) is 3.37. The lowest BCUT2D eigenvalue weighted by Crippen LogP contribution is -2.22. The van der Waals surface area contributed by atoms with Crippen LogP contribution in [0.1, 0.15) is 6.92 Å². The molecule has 0 aliphatic heterocycles. The van der Waals surface area contributed by atoms with Gasteiger partial charge in [0.1, 0.15) is 5.78 Å². The molecule has 15 heavy (non-hydrogen) atoms. The second kappa shape index (κ2) is 3.65. The number of pyridine rings is 2. The maximum atomic E-state index is 11.6. The summed E-state index contributed by atoms with van der Waals surface area (Å²) in [7, 11) is 0. The standard InChI is InChI=1S/C11H10N2O2/c1-8(14)7-13-10-3-2-6-12-9(10)4-5-11(13)15/h2-6H,7H2,1H3. The van der Waals surface area contributed by atoms with Crippen LogP contribution in [0.3, 0.4) is 0 Å². The van der Waals surface area contributed by atoms with Crippen LogP contribution in [0.15, 0.2) is 35.3 Å². The Balaban J connectivity index is 2.74. The van der Waals surface area contributed by atoms with Crippen LogP contribution >= 0.6 is 0 Å². The molecule has 2 aromatic rings. The van der Waals surface area contributed by atoms with E-state index in [9.17, 15) is 9.59 Å². The van der Waals surface area contributed by atoms with E-state index in [-0.39, 0.29) is 17.9 Å². The highest BCUT2D eigenvalue weighted by Crippen LogP contribution is 2.07. The zero-order chi connectivity index (χ0) is 10.8. The van der Waals surface area contributed by atoms with E-state index in [1.807, 2.05) is 0 Å². The van der Waals surface area contributed by atoms with E-state index in [4.69, 9.17) is 0 Å². The monoisotopic (exact) mass is 202 g/mol. The first-order valence-corrected chi connectivity index (χ1v) is 4.62. The van der Waals surface area contributed by atoms with Crippen molar-refractivity contribution in [3.63, 3.8) is 0 Å². The molecule has 0 aliphatic carbocycles. The van der Waals surface area contributed by atoms with Gasteiger partial charge in [-0.2, -0.15) is 0 Å². The Kier molecular flexibility index (Phi) is 2.33. The van der Waals surface area contributed by atoms with E-state index in [0.29, 0.717) is 5.52 Å². The minimum absolute atomic E-state index is 0.0477. The highest BCUT2D eigenvalue weighted by molar-refractivity contribution is 5.79. The van der Waals surface area contributed by atoms with E-state index in [1.54, 1.807) is 24.4 Å². The number of carbonyl (C=O) groups excluding carboxylic acids is 1. The lowest BCUT2D eigenvalue weighted by Gasteiger charge is -2.06. The molecule has 0 saturated carbocycles. The van der Waals surface area contributed by atoms with E-state index >= 15 is 0 Å². The lowest BCUT2D eigenvalue weighted by atomic mass is 10.3. The predicted molar refractivity (Wildman–Crippen MR) is 56.7 cm³/mol. The van der Waals surface area contributed by atoms with Gasteiger partial charge in [0.15, 0.2) is 0 Å². The van der Waals surface area contributed by atoms with Gasteiger partial charge in [-0.15, -0.1) is 0 Å². The van der Waals surface area contributed by atoms with Gasteiger partial charge < -0.3 is 0 Å². The third kappa shape index (κ3) is 1.79. The smallest absolute Gasteiger partial charge is 0.251 e. The molecule has 2 rings (SSSR count). The van der Waals surface area contributed by atoms with Crippen LogP contribution in [0.25, 0.3) is 11.0 Å². The number of rotatable bonds is 2. The minimum atomic E-state index is -0.175. The summed E-state index contributed by atoms with van der Waals surface area (Å²) < 4.78 is 1.44. The summed E-state index contributed by atoms with van der Waals surface area (Å²) in [6, 6.07) is 6.62. The van der Waals surface area contributed by atoms with Crippen LogP contribution in [0.2, 0.25) is 0 Å². The van der Waals surface area contributed by atoms with Crippen LogP contribution in [-0.4, -0.2) is 15.3 Å². The molecule has 0 fully saturated rings. The maximum absolute atomic E-state index is 11.6. The molecular weight excluding hydrogens is 192 g/mol. The van der Waals surface area contributed by atoms with Gasteiger partial charge in [-0.25, -0.2) is 0 Å². The zero-order valence-electron chi connectivity index (χ0n) is 8.30. The maximum Gasteiger partial charge on any atom is 0.251 e. The first-order valence-electron chi connectivity index (χ1n) is 4.62. The summed E-state index contributed by atoms with van der Waals surface area (Å²) in [6.07, 6.45) is 1.66. The Hall–Kier alpha value is -1.97. The fraction of sp³-hybridized carbons (Fsp3) is 0.182. The van der Waals surface area contributed by atoms with Gasteiger partial charge in [-0.05, 0) is 25.1 Å². The van der Waals surface area contributed by atoms with Crippen molar-refractivity contribution in [1.29, 1.82) is 0 Å². The van der Waals surface area contributed by atoms with Gasteiger partial charge in [0.2, 0.25) is 0 Å². The molecule has 0 radical (unpaired) electrons. The Morgan fingerprint density at radius 2 is 2.20 bits per heavy atom. The number of nitrogens with zero attached hydrogens (tertiary/aromatic N) is 2. The summed E-state index contributed by atoms with van der Waals surface area (Å²) in [5.74, 6) is -0.0477. The van der Waals surface area contributed by atoms with Gasteiger partial charge in [0, 0.05) is 12.3 Å². The summed E-state index contributed by atoms with van der Waals surface area (Å²) >= 11 is 0. The third-order valence-corrected chi connectivity index (χ3v) is 2.14. The highest BCUT2D eigenvalue weighted by Gasteiger charge is 2.04. The second-order valence-electron chi connectivity index (χ2n) is 3.37. The van der Waals surface area contributed by atoms with Gasteiger partial charge in [0.25, 0.3) is 5.56 Å². The summed E-state index contributed by atoms with van der Waals surface area (Å²) in [6.45, 7) is 1.56. The topological polar surface area (TPSA) is 52.0 Å². The Labute approximate surface area is 86.2 Å². The van der Waals surface area contributed by atoms with Crippen molar-refractivity contribution in [3.8, 4) is 0 Å². The predicted octanol–water partition coefficient (Wildman–Crippen LogP) is 0.985. The molecule has 0 N–H and O–H groups in total. The molecule has 0 amide bonds. The molecule has 76 valence electrons. The lowest BCUT2D eigenvalue weighted by molar-refractivity contribution is -0.117. The van der Waals surface area contributed by atoms with E-state index in [1.165, 1.54) is 17.6 Å². The van der Waals surface area contributed by atoms with Gasteiger partial charge in [0.05, 0.1) is 17.6 Å². The fourth-order valence-electron chi connectivity index (χ4n) is 1.51. The van der Waals surface area contributed by atoms with E-state index in [2.05, 4.69) is 4.98 Å². The molecule has 0 spiro atoms. The van der Waals surface area contributed by atoms with Crippen molar-refractivity contribution >= 4 is 16.8 Å². The quantitative estimate of drug-likeness (QED) is 0.729. The number of hydrogen-bond donors (Lipinski definition) is 0. The van der Waals surface area contributed by atoms with Crippen LogP contribution in [0.4, 0.5) is 0 Å². The van der Waals surface area contributed by atoms with Gasteiger partial charge in [-0.3, -0.25) is 19.1 Å². The summed E-state index contributed by atoms with van der Waals surface area (Å²) in [5, 5.41) is 0. The number of ketones is 1. The average molecular weight is 202 g/mol. The summed E-state index contributed by atoms with van der Waals surface area (Å²) in [5.41, 5.74) is 1.24. The first kappa shape index (κ1) is 9.58. The number of aromatic nitrogens is 2. The number of Topliss-reactive ketones (excluding diaryl/α,β-unsaturated/α-hetero) is 1. The molecule has 0 unspecified atom stereocenters. The van der Waals surface area contributed by atoms with Crippen molar-refractivity contribution in [2.24, 2.45) is 0 Å². The number of hydrogen-bond acceptors (Lipinski definition) is 3. The van der Waals surface area contributed by atoms with Crippen molar-refractivity contribution in [3.05, 3.63) is 40.8 Å². The molecule has 2 aromatic heterocycles. The Morgan fingerprint density at radius 1 is 1.40 bits per heavy atom. The SMILES string of the molecule is CC(=O)Cn1c(=O)ccc2ncccc21. The summed E-state index contributed by atoms with van der Waals surface area (Å²) in [4.78, 5) is 26.7. The molecule has 4 heteroatoms. The molecule has 0 aliphatic rings. The average Bonchev–Trinajstić information content (AvgIpc) is 2.22. The normalized spacial score (nSPS) is 10.5. The first-order chi connectivity index (χ1) is 7.18. The van der Waals surface area contributed by atoms with E-state index < -0.39 is 0 Å². The van der Waals surface area contributed by atoms with Gasteiger partial charge >= 0.3 is 0 Å². The molecular formula is C11H10N2O2. The number of carbonyl (C=O) groups is 1. The van der Waals surface area contributed by atoms with Gasteiger partial charge in [-0.1, -0.05) is 0 Å². The van der Waals surface area contributed by atoms with Crippen LogP contribution in [0, 0.1) is 0 Å². The molecule has 0 saturated heterocycles. The van der Waals surface area contributed by atoms with Crippen molar-refractivity contribution in [1.82, 2.24) is 9.55 Å². The molecule has 2 heterocycles.